The number of hydrogen-bond donors (Lipinski definition) is 2. The predicted octanol–water partition coefficient (Wildman–Crippen LogP) is 3.90. The molecule has 1 heterocycles. The maximum atomic E-state index is 12.6. The van der Waals surface area contributed by atoms with Gasteiger partial charge in [0.2, 0.25) is 11.8 Å². The zero-order valence-electron chi connectivity index (χ0n) is 18.9. The minimum Gasteiger partial charge on any atom is -0.348 e. The Labute approximate surface area is 180 Å². The van der Waals surface area contributed by atoms with E-state index in [0.29, 0.717) is 11.7 Å². The summed E-state index contributed by atoms with van der Waals surface area (Å²) in [5.74, 6) is 0.922. The first-order valence-corrected chi connectivity index (χ1v) is 10.5. The molecule has 1 atom stereocenters. The van der Waals surface area contributed by atoms with Crippen LogP contribution in [-0.2, 0) is 9.59 Å². The summed E-state index contributed by atoms with van der Waals surface area (Å²) >= 11 is 0. The number of carbonyl (C=O) groups is 2. The van der Waals surface area contributed by atoms with Crippen LogP contribution in [0.2, 0.25) is 0 Å². The van der Waals surface area contributed by atoms with Crippen molar-refractivity contribution in [2.75, 3.05) is 25.5 Å². The van der Waals surface area contributed by atoms with E-state index in [1.54, 1.807) is 24.2 Å². The van der Waals surface area contributed by atoms with Gasteiger partial charge in [-0.3, -0.25) is 14.5 Å². The third kappa shape index (κ3) is 7.26. The highest BCUT2D eigenvalue weighted by Crippen LogP contribution is 2.24. The van der Waals surface area contributed by atoms with Crippen molar-refractivity contribution in [1.29, 1.82) is 0 Å². The normalized spacial score (nSPS) is 12.3. The number of anilines is 1. The van der Waals surface area contributed by atoms with Crippen LogP contribution in [0.4, 0.5) is 5.82 Å². The molecule has 0 fully saturated rings. The van der Waals surface area contributed by atoms with Gasteiger partial charge in [0.15, 0.2) is 0 Å². The number of pyridine rings is 1. The molecule has 0 saturated carbocycles. The van der Waals surface area contributed by atoms with Gasteiger partial charge in [-0.05, 0) is 48.6 Å². The number of rotatable bonds is 9. The van der Waals surface area contributed by atoms with Crippen molar-refractivity contribution in [3.05, 3.63) is 59.3 Å². The molecule has 2 amide bonds. The van der Waals surface area contributed by atoms with Crippen molar-refractivity contribution in [1.82, 2.24) is 15.2 Å². The first-order valence-electron chi connectivity index (χ1n) is 10.5. The highest BCUT2D eigenvalue weighted by Gasteiger charge is 2.20. The van der Waals surface area contributed by atoms with Gasteiger partial charge in [-0.2, -0.15) is 0 Å². The van der Waals surface area contributed by atoms with Crippen molar-refractivity contribution >= 4 is 17.6 Å². The summed E-state index contributed by atoms with van der Waals surface area (Å²) in [4.78, 5) is 30.7. The van der Waals surface area contributed by atoms with E-state index in [9.17, 15) is 9.59 Å². The van der Waals surface area contributed by atoms with Crippen molar-refractivity contribution in [2.45, 2.75) is 46.6 Å². The Bertz CT molecular complexity index is 829. The standard InChI is InChI=1S/C24H34N4O2/c1-16(2)19-8-10-20(11-9-19)24(17(3)4)27-23(30)15-28(6)14-22(29)26-21-12-7-18(5)13-25-21/h7-13,16-17,24H,14-15H2,1-6H3,(H,27,30)(H,25,26,29). The molecule has 2 aromatic rings. The zero-order chi connectivity index (χ0) is 22.3. The van der Waals surface area contributed by atoms with Crippen LogP contribution in [0.1, 0.15) is 56.3 Å². The molecule has 0 spiro atoms. The molecule has 1 aromatic carbocycles. The van der Waals surface area contributed by atoms with E-state index in [1.165, 1.54) is 5.56 Å². The topological polar surface area (TPSA) is 74.3 Å². The van der Waals surface area contributed by atoms with Gasteiger partial charge < -0.3 is 10.6 Å². The molecule has 0 aliphatic carbocycles. The van der Waals surface area contributed by atoms with Crippen molar-refractivity contribution < 1.29 is 9.59 Å². The van der Waals surface area contributed by atoms with Gasteiger partial charge in [-0.15, -0.1) is 0 Å². The molecule has 2 N–H and O–H groups in total. The van der Waals surface area contributed by atoms with Crippen LogP contribution >= 0.6 is 0 Å². The molecule has 0 saturated heterocycles. The summed E-state index contributed by atoms with van der Waals surface area (Å²) in [7, 11) is 1.75. The van der Waals surface area contributed by atoms with Gasteiger partial charge in [-0.1, -0.05) is 58.0 Å². The van der Waals surface area contributed by atoms with Crippen molar-refractivity contribution in [3.8, 4) is 0 Å². The van der Waals surface area contributed by atoms with Crippen LogP contribution < -0.4 is 10.6 Å². The predicted molar refractivity (Wildman–Crippen MR) is 121 cm³/mol. The molecule has 0 bridgehead atoms. The summed E-state index contributed by atoms with van der Waals surface area (Å²) < 4.78 is 0. The Hall–Kier alpha value is -2.73. The number of benzene rings is 1. The number of aryl methyl sites for hydroxylation is 1. The lowest BCUT2D eigenvalue weighted by atomic mass is 9.93. The highest BCUT2D eigenvalue weighted by atomic mass is 16.2. The molecule has 6 nitrogen and oxygen atoms in total. The Morgan fingerprint density at radius 2 is 1.53 bits per heavy atom. The fourth-order valence-corrected chi connectivity index (χ4v) is 3.21. The fourth-order valence-electron chi connectivity index (χ4n) is 3.21. The first kappa shape index (κ1) is 23.5. The minimum absolute atomic E-state index is 0.0716. The summed E-state index contributed by atoms with van der Waals surface area (Å²) in [6, 6.07) is 12.0. The fraction of sp³-hybridized carbons (Fsp3) is 0.458. The second-order valence-corrected chi connectivity index (χ2v) is 8.55. The number of nitrogens with one attached hydrogen (secondary N) is 2. The van der Waals surface area contributed by atoms with Gasteiger partial charge >= 0.3 is 0 Å². The SMILES string of the molecule is Cc1ccc(NC(=O)CN(C)CC(=O)NC(c2ccc(C(C)C)cc2)C(C)C)nc1. The Kier molecular flexibility index (Phi) is 8.54. The molecular weight excluding hydrogens is 376 g/mol. The lowest BCUT2D eigenvalue weighted by Crippen LogP contribution is -2.41. The lowest BCUT2D eigenvalue weighted by Gasteiger charge is -2.25. The van der Waals surface area contributed by atoms with E-state index in [-0.39, 0.29) is 36.9 Å². The van der Waals surface area contributed by atoms with Crippen LogP contribution in [0, 0.1) is 12.8 Å². The molecule has 2 rings (SSSR count). The van der Waals surface area contributed by atoms with E-state index in [1.807, 2.05) is 13.0 Å². The summed E-state index contributed by atoms with van der Waals surface area (Å²) in [5.41, 5.74) is 3.40. The largest absolute Gasteiger partial charge is 0.348 e. The maximum absolute atomic E-state index is 12.6. The van der Waals surface area contributed by atoms with Gasteiger partial charge in [0.1, 0.15) is 5.82 Å². The van der Waals surface area contributed by atoms with Crippen LogP contribution in [0.3, 0.4) is 0 Å². The second kappa shape index (κ2) is 10.9. The Balaban J connectivity index is 1.89. The molecule has 30 heavy (non-hydrogen) atoms. The molecule has 0 radical (unpaired) electrons. The molecule has 162 valence electrons. The van der Waals surface area contributed by atoms with E-state index >= 15 is 0 Å². The molecule has 0 aliphatic heterocycles. The van der Waals surface area contributed by atoms with Gasteiger partial charge in [0, 0.05) is 6.20 Å². The molecular formula is C24H34N4O2. The quantitative estimate of drug-likeness (QED) is 0.658. The maximum Gasteiger partial charge on any atom is 0.239 e. The van der Waals surface area contributed by atoms with Gasteiger partial charge in [-0.25, -0.2) is 4.98 Å². The van der Waals surface area contributed by atoms with E-state index < -0.39 is 0 Å². The smallest absolute Gasteiger partial charge is 0.239 e. The van der Waals surface area contributed by atoms with Crippen LogP contribution in [-0.4, -0.2) is 41.8 Å². The molecule has 6 heteroatoms. The Morgan fingerprint density at radius 1 is 0.933 bits per heavy atom. The van der Waals surface area contributed by atoms with Crippen LogP contribution in [0.5, 0.6) is 0 Å². The van der Waals surface area contributed by atoms with E-state index in [0.717, 1.165) is 11.1 Å². The molecule has 1 aromatic heterocycles. The summed E-state index contributed by atoms with van der Waals surface area (Å²) in [6.07, 6.45) is 1.70. The van der Waals surface area contributed by atoms with Crippen LogP contribution in [0.25, 0.3) is 0 Å². The summed E-state index contributed by atoms with van der Waals surface area (Å²) in [6.45, 7) is 10.7. The minimum atomic E-state index is -0.202. The molecule has 1 unspecified atom stereocenters. The Morgan fingerprint density at radius 3 is 2.07 bits per heavy atom. The van der Waals surface area contributed by atoms with Crippen molar-refractivity contribution in [3.63, 3.8) is 0 Å². The van der Waals surface area contributed by atoms with Crippen molar-refractivity contribution in [2.24, 2.45) is 5.92 Å². The summed E-state index contributed by atoms with van der Waals surface area (Å²) in [5, 5.41) is 5.87. The number of carbonyl (C=O) groups excluding carboxylic acids is 2. The third-order valence-electron chi connectivity index (χ3n) is 4.95. The van der Waals surface area contributed by atoms with E-state index in [2.05, 4.69) is 67.6 Å². The average Bonchev–Trinajstić information content (AvgIpc) is 2.67. The highest BCUT2D eigenvalue weighted by molar-refractivity contribution is 5.91. The number of nitrogens with zero attached hydrogens (tertiary/aromatic N) is 2. The lowest BCUT2D eigenvalue weighted by molar-refractivity contribution is -0.123. The van der Waals surface area contributed by atoms with E-state index in [4.69, 9.17) is 0 Å². The monoisotopic (exact) mass is 410 g/mol. The second-order valence-electron chi connectivity index (χ2n) is 8.55. The van der Waals surface area contributed by atoms with Crippen LogP contribution in [0.15, 0.2) is 42.6 Å². The van der Waals surface area contributed by atoms with Gasteiger partial charge in [0.05, 0.1) is 19.1 Å². The number of aromatic nitrogens is 1. The first-order chi connectivity index (χ1) is 14.2. The average molecular weight is 411 g/mol. The third-order valence-corrected chi connectivity index (χ3v) is 4.95. The zero-order valence-corrected chi connectivity index (χ0v) is 18.9. The van der Waals surface area contributed by atoms with Gasteiger partial charge in [0.25, 0.3) is 0 Å². The number of amides is 2. The number of hydrogen-bond acceptors (Lipinski definition) is 4. The number of likely N-dealkylation sites (N-methyl/N-ethyl adjacent to an activating group) is 1. The molecule has 0 aliphatic rings.